The molecule has 0 saturated heterocycles. The molecule has 0 unspecified atom stereocenters. The Morgan fingerprint density at radius 3 is 2.85 bits per heavy atom. The number of amides is 1. The number of fused-ring (bicyclic) bond motifs is 1. The zero-order chi connectivity index (χ0) is 17.9. The lowest BCUT2D eigenvalue weighted by Gasteiger charge is -2.25. The number of nitrogens with one attached hydrogen (secondary N) is 2. The van der Waals surface area contributed by atoms with E-state index < -0.39 is 0 Å². The molecule has 0 aliphatic carbocycles. The molecule has 2 N–H and O–H groups in total. The van der Waals surface area contributed by atoms with E-state index in [0.717, 1.165) is 31.7 Å². The fourth-order valence-electron chi connectivity index (χ4n) is 3.00. The summed E-state index contributed by atoms with van der Waals surface area (Å²) in [4.78, 5) is 34.0. The van der Waals surface area contributed by atoms with Crippen LogP contribution in [-0.2, 0) is 19.5 Å². The van der Waals surface area contributed by atoms with Crippen molar-refractivity contribution in [3.8, 4) is 0 Å². The molecule has 0 spiro atoms. The van der Waals surface area contributed by atoms with Gasteiger partial charge in [0.05, 0.1) is 11.3 Å². The molecule has 0 radical (unpaired) electrons. The van der Waals surface area contributed by atoms with Crippen LogP contribution in [0.5, 0.6) is 0 Å². The first-order valence-electron chi connectivity index (χ1n) is 8.42. The third-order valence-electron chi connectivity index (χ3n) is 4.33. The van der Waals surface area contributed by atoms with Crippen molar-refractivity contribution < 1.29 is 4.79 Å². The molecule has 132 valence electrons. The highest BCUT2D eigenvalue weighted by atomic mass is 32.1. The Morgan fingerprint density at radius 2 is 2.08 bits per heavy atom. The Kier molecular flexibility index (Phi) is 4.64. The highest BCUT2D eigenvalue weighted by molar-refractivity contribution is 7.15. The van der Waals surface area contributed by atoms with E-state index in [9.17, 15) is 9.59 Å². The molecule has 1 aliphatic heterocycles. The maximum Gasteiger partial charge on any atom is 0.258 e. The van der Waals surface area contributed by atoms with Gasteiger partial charge in [-0.15, -0.1) is 11.3 Å². The Hall–Kier alpha value is -2.77. The van der Waals surface area contributed by atoms with Gasteiger partial charge in [-0.2, -0.15) is 0 Å². The fourth-order valence-corrected chi connectivity index (χ4v) is 4.05. The molecule has 1 aliphatic rings. The summed E-state index contributed by atoms with van der Waals surface area (Å²) in [6.07, 6.45) is 2.29. The molecule has 0 atom stereocenters. The van der Waals surface area contributed by atoms with Crippen LogP contribution in [0.1, 0.15) is 26.5 Å². The number of carbonyl (C=O) groups is 1. The van der Waals surface area contributed by atoms with Gasteiger partial charge in [-0.1, -0.05) is 30.3 Å². The van der Waals surface area contributed by atoms with Crippen LogP contribution in [0.2, 0.25) is 0 Å². The largest absolute Gasteiger partial charge is 0.328 e. The van der Waals surface area contributed by atoms with Gasteiger partial charge >= 0.3 is 0 Å². The maximum atomic E-state index is 12.3. The van der Waals surface area contributed by atoms with Gasteiger partial charge in [0, 0.05) is 43.2 Å². The molecular formula is C19H18N4O2S. The summed E-state index contributed by atoms with van der Waals surface area (Å²) >= 11 is 1.52. The third-order valence-corrected chi connectivity index (χ3v) is 5.32. The maximum absolute atomic E-state index is 12.3. The van der Waals surface area contributed by atoms with Crippen LogP contribution < -0.4 is 10.9 Å². The van der Waals surface area contributed by atoms with Crippen LogP contribution in [0, 0.1) is 0 Å². The van der Waals surface area contributed by atoms with Crippen LogP contribution in [0.4, 0.5) is 5.13 Å². The zero-order valence-corrected chi connectivity index (χ0v) is 14.9. The normalized spacial score (nSPS) is 14.0. The lowest BCUT2D eigenvalue weighted by molar-refractivity contribution is 0.102. The summed E-state index contributed by atoms with van der Waals surface area (Å²) in [6.45, 7) is 2.71. The van der Waals surface area contributed by atoms with Gasteiger partial charge in [0.25, 0.3) is 5.91 Å². The summed E-state index contributed by atoms with van der Waals surface area (Å²) in [7, 11) is 0. The van der Waals surface area contributed by atoms with Gasteiger partial charge in [-0.3, -0.25) is 19.8 Å². The quantitative estimate of drug-likeness (QED) is 0.744. The van der Waals surface area contributed by atoms with Crippen molar-refractivity contribution >= 4 is 22.4 Å². The second-order valence-electron chi connectivity index (χ2n) is 6.23. The number of hydrogen-bond donors (Lipinski definition) is 2. The Balaban J connectivity index is 1.43. The number of nitrogens with zero attached hydrogens (tertiary/aromatic N) is 2. The highest BCUT2D eigenvalue weighted by Crippen LogP contribution is 2.29. The van der Waals surface area contributed by atoms with E-state index in [1.807, 2.05) is 6.07 Å². The van der Waals surface area contributed by atoms with Crippen molar-refractivity contribution in [3.63, 3.8) is 0 Å². The first kappa shape index (κ1) is 16.7. The summed E-state index contributed by atoms with van der Waals surface area (Å²) in [5.74, 6) is -0.270. The van der Waals surface area contributed by atoms with E-state index in [0.29, 0.717) is 10.7 Å². The summed E-state index contributed by atoms with van der Waals surface area (Å²) in [5, 5.41) is 3.43. The number of pyridine rings is 1. The highest BCUT2D eigenvalue weighted by Gasteiger charge is 2.21. The predicted octanol–water partition coefficient (Wildman–Crippen LogP) is 2.64. The number of rotatable bonds is 4. The van der Waals surface area contributed by atoms with Gasteiger partial charge in [0.2, 0.25) is 5.56 Å². The molecule has 7 heteroatoms. The van der Waals surface area contributed by atoms with Crippen molar-refractivity contribution in [1.82, 2.24) is 14.9 Å². The topological polar surface area (TPSA) is 78.1 Å². The van der Waals surface area contributed by atoms with Gasteiger partial charge in [0.15, 0.2) is 5.13 Å². The standard InChI is InChI=1S/C19H18N4O2S/c24-17-7-6-14(10-20-17)18(25)22-19-21-15-8-9-23(12-16(15)26-19)11-13-4-2-1-3-5-13/h1-7,10H,8-9,11-12H2,(H,20,24)(H,21,22,25). The fraction of sp³-hybridized carbons (Fsp3) is 0.211. The average molecular weight is 366 g/mol. The Bertz CT molecular complexity index is 960. The molecule has 2 aromatic heterocycles. The van der Waals surface area contributed by atoms with E-state index in [1.165, 1.54) is 40.1 Å². The van der Waals surface area contributed by atoms with Gasteiger partial charge in [-0.05, 0) is 11.6 Å². The summed E-state index contributed by atoms with van der Waals surface area (Å²) in [6, 6.07) is 13.3. The number of carbonyl (C=O) groups excluding carboxylic acids is 1. The number of anilines is 1. The number of hydrogen-bond acceptors (Lipinski definition) is 5. The van der Waals surface area contributed by atoms with E-state index in [-0.39, 0.29) is 11.5 Å². The van der Waals surface area contributed by atoms with Crippen molar-refractivity contribution in [2.24, 2.45) is 0 Å². The number of aromatic nitrogens is 2. The number of thiazole rings is 1. The first-order chi connectivity index (χ1) is 12.7. The molecule has 1 amide bonds. The Labute approximate surface area is 154 Å². The van der Waals surface area contributed by atoms with Gasteiger partial charge < -0.3 is 4.98 Å². The minimum atomic E-state index is -0.270. The number of benzene rings is 1. The number of H-pyrrole nitrogens is 1. The smallest absolute Gasteiger partial charge is 0.258 e. The second kappa shape index (κ2) is 7.23. The number of aromatic amines is 1. The molecule has 0 fully saturated rings. The van der Waals surface area contributed by atoms with Crippen molar-refractivity contribution in [2.75, 3.05) is 11.9 Å². The van der Waals surface area contributed by atoms with Crippen LogP contribution in [0.3, 0.4) is 0 Å². The zero-order valence-electron chi connectivity index (χ0n) is 14.1. The van der Waals surface area contributed by atoms with Crippen molar-refractivity contribution in [3.05, 3.63) is 80.7 Å². The van der Waals surface area contributed by atoms with Crippen LogP contribution in [0.15, 0.2) is 53.5 Å². The minimum Gasteiger partial charge on any atom is -0.328 e. The molecular weight excluding hydrogens is 348 g/mol. The van der Waals surface area contributed by atoms with Crippen LogP contribution in [-0.4, -0.2) is 27.3 Å². The molecule has 3 heterocycles. The summed E-state index contributed by atoms with van der Waals surface area (Å²) in [5.41, 5.74) is 2.54. The molecule has 0 bridgehead atoms. The van der Waals surface area contributed by atoms with Crippen molar-refractivity contribution in [1.29, 1.82) is 0 Å². The molecule has 0 saturated carbocycles. The first-order valence-corrected chi connectivity index (χ1v) is 9.24. The SMILES string of the molecule is O=C(Nc1nc2c(s1)CN(Cc1ccccc1)CC2)c1ccc(=O)[nH]c1. The second-order valence-corrected chi connectivity index (χ2v) is 7.31. The molecule has 6 nitrogen and oxygen atoms in total. The van der Waals surface area contributed by atoms with E-state index in [4.69, 9.17) is 0 Å². The third kappa shape index (κ3) is 3.74. The monoisotopic (exact) mass is 366 g/mol. The molecule has 26 heavy (non-hydrogen) atoms. The summed E-state index contributed by atoms with van der Waals surface area (Å²) < 4.78 is 0. The lowest BCUT2D eigenvalue weighted by atomic mass is 10.1. The molecule has 1 aromatic carbocycles. The van der Waals surface area contributed by atoms with E-state index >= 15 is 0 Å². The van der Waals surface area contributed by atoms with Gasteiger partial charge in [-0.25, -0.2) is 4.98 Å². The Morgan fingerprint density at radius 1 is 1.23 bits per heavy atom. The minimum absolute atomic E-state index is 0.232. The van der Waals surface area contributed by atoms with E-state index in [2.05, 4.69) is 44.5 Å². The van der Waals surface area contributed by atoms with E-state index in [1.54, 1.807) is 0 Å². The molecule has 3 aromatic rings. The van der Waals surface area contributed by atoms with Crippen LogP contribution >= 0.6 is 11.3 Å². The van der Waals surface area contributed by atoms with Gasteiger partial charge in [0.1, 0.15) is 0 Å². The molecule has 4 rings (SSSR count). The predicted molar refractivity (Wildman–Crippen MR) is 101 cm³/mol. The lowest BCUT2D eigenvalue weighted by Crippen LogP contribution is -2.29. The van der Waals surface area contributed by atoms with Crippen LogP contribution in [0.25, 0.3) is 0 Å². The van der Waals surface area contributed by atoms with Crippen molar-refractivity contribution in [2.45, 2.75) is 19.5 Å². The average Bonchev–Trinajstić information content (AvgIpc) is 3.04.